The Morgan fingerprint density at radius 1 is 0.721 bits per heavy atom. The van der Waals surface area contributed by atoms with Crippen LogP contribution in [-0.2, 0) is 30.2 Å². The van der Waals surface area contributed by atoms with E-state index in [1.165, 1.54) is 35.6 Å². The van der Waals surface area contributed by atoms with Crippen LogP contribution < -0.4 is 11.1 Å². The van der Waals surface area contributed by atoms with Crippen LogP contribution in [0.5, 0.6) is 11.8 Å². The summed E-state index contributed by atoms with van der Waals surface area (Å²) in [7, 11) is 0. The van der Waals surface area contributed by atoms with E-state index in [0.717, 1.165) is 22.0 Å². The zero-order chi connectivity index (χ0) is 43.3. The van der Waals surface area contributed by atoms with Crippen molar-refractivity contribution in [1.29, 1.82) is 10.5 Å². The van der Waals surface area contributed by atoms with Crippen molar-refractivity contribution in [2.45, 2.75) is 66.5 Å². The van der Waals surface area contributed by atoms with Crippen LogP contribution in [0.2, 0.25) is 0 Å². The van der Waals surface area contributed by atoms with Gasteiger partial charge in [-0.3, -0.25) is 18.7 Å². The van der Waals surface area contributed by atoms with Gasteiger partial charge in [0.1, 0.15) is 29.0 Å². The predicted octanol–water partition coefficient (Wildman–Crippen LogP) is 8.16. The normalized spacial score (nSPS) is 10.6. The van der Waals surface area contributed by atoms with E-state index in [-0.39, 0.29) is 98.6 Å². The zero-order valence-corrected chi connectivity index (χ0v) is 34.3. The molecule has 2 N–H and O–H groups in total. The molecule has 0 amide bonds. The second-order valence-corrected chi connectivity index (χ2v) is 12.7. The molecule has 6 aromatic rings. The number of nitriles is 2. The van der Waals surface area contributed by atoms with Gasteiger partial charge in [0.25, 0.3) is 22.5 Å². The summed E-state index contributed by atoms with van der Waals surface area (Å²) >= 11 is 0. The summed E-state index contributed by atoms with van der Waals surface area (Å²) in [5, 5.41) is 64.8. The van der Waals surface area contributed by atoms with Crippen molar-refractivity contribution >= 4 is 34.4 Å². The maximum atomic E-state index is 12.5. The molecule has 0 aromatic carbocycles. The van der Waals surface area contributed by atoms with Crippen LogP contribution in [0.3, 0.4) is 0 Å². The number of pyridine rings is 4. The number of aromatic nitrogens is 8. The summed E-state index contributed by atoms with van der Waals surface area (Å²) in [6, 6.07) is 14.3. The number of azo groups is 2. The molecule has 20 nitrogen and oxygen atoms in total. The van der Waals surface area contributed by atoms with Gasteiger partial charge in [0.15, 0.2) is 29.0 Å². The van der Waals surface area contributed by atoms with Gasteiger partial charge < -0.3 is 10.2 Å². The Kier molecular flexibility index (Phi) is 15.7. The standard InChI is InChI=1S/2C20H18N8O2.Fe/c1-5-6-11-27-19(29)16(22-4)13(2)17(20(27)30)25-26-18-14(21-3)12-24-28(18)15-9-7-8-10-23-15;1-3-4-9-27-19(29)15(11-22)13(2)17(20(27)30)25-26-18-14(10-21)12-24-28(18)16-7-5-6-8-23-16;/h7-10,12,30H,5-6,11H2,1-2H3;5-8,12,30H,3-4,9H2,1-2H3;. The van der Waals surface area contributed by atoms with Crippen molar-refractivity contribution in [3.8, 4) is 35.5 Å². The number of nitrogens with zero attached hydrogens (tertiary/aromatic N) is 16. The maximum absolute atomic E-state index is 12.5. The van der Waals surface area contributed by atoms with Gasteiger partial charge in [-0.25, -0.2) is 24.3 Å². The average molecular weight is 861 g/mol. The second kappa shape index (κ2) is 21.1. The predicted molar refractivity (Wildman–Crippen MR) is 217 cm³/mol. The molecular weight excluding hydrogens is 824 g/mol. The van der Waals surface area contributed by atoms with Gasteiger partial charge >= 0.3 is 0 Å². The molecule has 0 saturated carbocycles. The Morgan fingerprint density at radius 2 is 1.25 bits per heavy atom. The molecule has 61 heavy (non-hydrogen) atoms. The average Bonchev–Trinajstić information content (AvgIpc) is 3.88. The first-order chi connectivity index (χ1) is 29.1. The van der Waals surface area contributed by atoms with Crippen LogP contribution in [0.25, 0.3) is 21.3 Å². The Balaban J connectivity index is 0.000000264. The molecule has 0 radical (unpaired) electrons. The van der Waals surface area contributed by atoms with Crippen molar-refractivity contribution in [3.05, 3.63) is 127 Å². The number of aromatic hydroxyl groups is 2. The minimum Gasteiger partial charge on any atom is -0.493 e. The molecule has 6 heterocycles. The smallest absolute Gasteiger partial charge is 0.271 e. The third kappa shape index (κ3) is 9.62. The monoisotopic (exact) mass is 860 g/mol. The molecule has 6 aromatic heterocycles. The first kappa shape index (κ1) is 45.6. The molecule has 0 unspecified atom stereocenters. The molecule has 0 saturated heterocycles. The Labute approximate surface area is 359 Å². The third-order valence-electron chi connectivity index (χ3n) is 8.91. The summed E-state index contributed by atoms with van der Waals surface area (Å²) in [5.41, 5.74) is -0.660. The molecular formula is C40H36FeN16O4. The summed E-state index contributed by atoms with van der Waals surface area (Å²) in [6.07, 6.45) is 8.73. The molecule has 0 atom stereocenters. The van der Waals surface area contributed by atoms with Gasteiger partial charge in [0.05, 0.1) is 25.5 Å². The van der Waals surface area contributed by atoms with Crippen LogP contribution in [0, 0.1) is 49.7 Å². The first-order valence-electron chi connectivity index (χ1n) is 18.4. The number of rotatable bonds is 12. The van der Waals surface area contributed by atoms with Gasteiger partial charge in [-0.05, 0) is 56.5 Å². The van der Waals surface area contributed by atoms with Crippen molar-refractivity contribution in [2.24, 2.45) is 20.5 Å². The minimum absolute atomic E-state index is 0. The molecule has 0 aliphatic carbocycles. The molecule has 0 bridgehead atoms. The molecule has 0 spiro atoms. The second-order valence-electron chi connectivity index (χ2n) is 12.7. The number of hydrogen-bond acceptors (Lipinski definition) is 14. The van der Waals surface area contributed by atoms with Crippen LogP contribution >= 0.6 is 0 Å². The van der Waals surface area contributed by atoms with Crippen LogP contribution in [0.15, 0.2) is 91.2 Å². The SMILES string of the molecule is CCCCn1c(O)c(N=Nc2c(C#N)cnn2-c2ccccn2)c(C)c(C#N)c1=O.[C-]#[N+]c1cnn(-c2ccccn2)c1N=Nc1c(C)c([N+]#[C-])c(=O)n(CCCC)c1O.[Fe]. The Hall–Kier alpha value is -8.10. The molecule has 0 fully saturated rings. The van der Waals surface area contributed by atoms with E-state index in [1.54, 1.807) is 48.8 Å². The number of unbranched alkanes of at least 4 members (excludes halogenated alkanes) is 2. The summed E-state index contributed by atoms with van der Waals surface area (Å²) in [5.74, 6) is 0.362. The maximum Gasteiger partial charge on any atom is 0.271 e. The van der Waals surface area contributed by atoms with Crippen molar-refractivity contribution in [1.82, 2.24) is 38.7 Å². The Bertz CT molecular complexity index is 2690. The van der Waals surface area contributed by atoms with E-state index in [1.807, 2.05) is 26.0 Å². The molecule has 0 aliphatic heterocycles. The van der Waals surface area contributed by atoms with Crippen molar-refractivity contribution < 1.29 is 27.3 Å². The molecule has 308 valence electrons. The topological polar surface area (TPSA) is 252 Å². The van der Waals surface area contributed by atoms with Crippen LogP contribution in [0.1, 0.15) is 61.8 Å². The van der Waals surface area contributed by atoms with Gasteiger partial charge in [-0.2, -0.15) is 25.4 Å². The van der Waals surface area contributed by atoms with Crippen LogP contribution in [0.4, 0.5) is 34.4 Å². The first-order valence-corrected chi connectivity index (χ1v) is 18.4. The summed E-state index contributed by atoms with van der Waals surface area (Å²) in [6.45, 7) is 22.1. The minimum atomic E-state index is -0.573. The molecule has 21 heteroatoms. The van der Waals surface area contributed by atoms with E-state index in [0.29, 0.717) is 24.5 Å². The van der Waals surface area contributed by atoms with Crippen molar-refractivity contribution in [2.75, 3.05) is 0 Å². The van der Waals surface area contributed by atoms with Gasteiger partial charge in [0.2, 0.25) is 11.8 Å². The third-order valence-corrected chi connectivity index (χ3v) is 8.91. The van der Waals surface area contributed by atoms with Crippen molar-refractivity contribution in [3.63, 3.8) is 0 Å². The number of hydrogen-bond donors (Lipinski definition) is 2. The van der Waals surface area contributed by atoms with Crippen LogP contribution in [-0.4, -0.2) is 48.9 Å². The largest absolute Gasteiger partial charge is 0.493 e. The summed E-state index contributed by atoms with van der Waals surface area (Å²) < 4.78 is 4.94. The quantitative estimate of drug-likeness (QED) is 0.0678. The fourth-order valence-electron chi connectivity index (χ4n) is 5.66. The fourth-order valence-corrected chi connectivity index (χ4v) is 5.66. The summed E-state index contributed by atoms with van der Waals surface area (Å²) in [4.78, 5) is 40.1. The van der Waals surface area contributed by atoms with E-state index >= 15 is 0 Å². The van der Waals surface area contributed by atoms with E-state index < -0.39 is 11.1 Å². The Morgan fingerprint density at radius 3 is 1.74 bits per heavy atom. The van der Waals surface area contributed by atoms with E-state index in [9.17, 15) is 30.3 Å². The van der Waals surface area contributed by atoms with Gasteiger partial charge in [0, 0.05) is 48.1 Å². The van der Waals surface area contributed by atoms with Gasteiger partial charge in [-0.1, -0.05) is 38.8 Å². The molecule has 6 rings (SSSR count). The van der Waals surface area contributed by atoms with Gasteiger partial charge in [-0.15, -0.1) is 20.5 Å². The fraction of sp³-hybridized carbons (Fsp3) is 0.250. The molecule has 0 aliphatic rings. The zero-order valence-electron chi connectivity index (χ0n) is 33.2. The van der Waals surface area contributed by atoms with E-state index in [4.69, 9.17) is 13.1 Å². The van der Waals surface area contributed by atoms with E-state index in [2.05, 4.69) is 50.3 Å².